The highest BCUT2D eigenvalue weighted by Gasteiger charge is 2.08. The molecule has 0 saturated heterocycles. The summed E-state index contributed by atoms with van der Waals surface area (Å²) in [6.45, 7) is 0. The van der Waals surface area contributed by atoms with Crippen molar-refractivity contribution >= 4 is 39.0 Å². The third-order valence-corrected chi connectivity index (χ3v) is 4.30. The van der Waals surface area contributed by atoms with Crippen LogP contribution >= 0.6 is 27.5 Å². The highest BCUT2D eigenvalue weighted by atomic mass is 79.9. The fraction of sp³-hybridized carbons (Fsp3) is 0.118. The number of rotatable bonds is 6. The Morgan fingerprint density at radius 2 is 1.87 bits per heavy atom. The largest absolute Gasteiger partial charge is 0.493 e. The van der Waals surface area contributed by atoms with E-state index in [4.69, 9.17) is 21.1 Å². The van der Waals surface area contributed by atoms with Gasteiger partial charge in [-0.1, -0.05) is 11.6 Å². The van der Waals surface area contributed by atoms with E-state index in [-0.39, 0.29) is 5.78 Å². The van der Waals surface area contributed by atoms with Crippen LogP contribution in [0.5, 0.6) is 11.5 Å². The molecular formula is C17H15BrClNO3. The summed E-state index contributed by atoms with van der Waals surface area (Å²) in [6.07, 6.45) is 3.01. The second kappa shape index (κ2) is 8.04. The molecule has 4 nitrogen and oxygen atoms in total. The maximum absolute atomic E-state index is 12.2. The number of ketones is 1. The Hall–Kier alpha value is -1.98. The Labute approximate surface area is 148 Å². The Kier molecular flexibility index (Phi) is 6.07. The number of allylic oxidation sites excluding steroid dienone is 1. The minimum absolute atomic E-state index is 0.151. The number of nitrogens with one attached hydrogen (secondary N) is 1. The highest BCUT2D eigenvalue weighted by Crippen LogP contribution is 2.28. The van der Waals surface area contributed by atoms with Gasteiger partial charge in [0.05, 0.1) is 19.2 Å². The molecule has 23 heavy (non-hydrogen) atoms. The summed E-state index contributed by atoms with van der Waals surface area (Å²) in [4.78, 5) is 12.2. The number of carbonyl (C=O) groups is 1. The molecule has 0 fully saturated rings. The van der Waals surface area contributed by atoms with Crippen LogP contribution in [0, 0.1) is 0 Å². The molecule has 0 atom stereocenters. The monoisotopic (exact) mass is 395 g/mol. The lowest BCUT2D eigenvalue weighted by atomic mass is 10.1. The van der Waals surface area contributed by atoms with Crippen molar-refractivity contribution in [3.8, 4) is 11.5 Å². The number of hydrogen-bond acceptors (Lipinski definition) is 4. The van der Waals surface area contributed by atoms with Gasteiger partial charge in [0.2, 0.25) is 0 Å². The Balaban J connectivity index is 2.07. The zero-order chi connectivity index (χ0) is 16.8. The maximum atomic E-state index is 12.2. The number of carbonyl (C=O) groups excluding carboxylic acids is 1. The summed E-state index contributed by atoms with van der Waals surface area (Å²) >= 11 is 9.33. The van der Waals surface area contributed by atoms with Crippen LogP contribution in [0.1, 0.15) is 10.4 Å². The second-order valence-electron chi connectivity index (χ2n) is 4.54. The summed E-state index contributed by atoms with van der Waals surface area (Å²) in [5.41, 5.74) is 1.30. The van der Waals surface area contributed by atoms with Crippen LogP contribution < -0.4 is 14.8 Å². The molecule has 6 heteroatoms. The number of benzene rings is 2. The Morgan fingerprint density at radius 3 is 2.52 bits per heavy atom. The van der Waals surface area contributed by atoms with Crippen molar-refractivity contribution < 1.29 is 14.3 Å². The van der Waals surface area contributed by atoms with E-state index in [1.54, 1.807) is 37.6 Å². The second-order valence-corrected chi connectivity index (χ2v) is 5.80. The first-order chi connectivity index (χ1) is 11.0. The standard InChI is InChI=1S/C17H15BrClNO3/c1-22-16-6-3-11(9-17(16)23-2)15(21)7-8-20-12-4-5-13(18)14(19)10-12/h3-10,20H,1-2H3. The van der Waals surface area contributed by atoms with E-state index in [1.165, 1.54) is 13.2 Å². The third kappa shape index (κ3) is 4.50. The zero-order valence-electron chi connectivity index (χ0n) is 12.6. The van der Waals surface area contributed by atoms with Gasteiger partial charge in [0.1, 0.15) is 0 Å². The topological polar surface area (TPSA) is 47.6 Å². The van der Waals surface area contributed by atoms with Gasteiger partial charge in [-0.3, -0.25) is 4.79 Å². The van der Waals surface area contributed by atoms with Crippen molar-refractivity contribution in [2.24, 2.45) is 0 Å². The van der Waals surface area contributed by atoms with Crippen LogP contribution in [-0.4, -0.2) is 20.0 Å². The van der Waals surface area contributed by atoms with Crippen LogP contribution in [0.4, 0.5) is 5.69 Å². The van der Waals surface area contributed by atoms with Crippen LogP contribution in [0.3, 0.4) is 0 Å². The molecule has 2 aromatic rings. The van der Waals surface area contributed by atoms with E-state index < -0.39 is 0 Å². The van der Waals surface area contributed by atoms with E-state index in [0.717, 1.165) is 10.2 Å². The van der Waals surface area contributed by atoms with E-state index in [2.05, 4.69) is 21.2 Å². The number of hydrogen-bond donors (Lipinski definition) is 1. The van der Waals surface area contributed by atoms with E-state index in [9.17, 15) is 4.79 Å². The maximum Gasteiger partial charge on any atom is 0.187 e. The van der Waals surface area contributed by atoms with Gasteiger partial charge < -0.3 is 14.8 Å². The van der Waals surface area contributed by atoms with E-state index >= 15 is 0 Å². The number of ether oxygens (including phenoxy) is 2. The van der Waals surface area contributed by atoms with Crippen LogP contribution in [0.15, 0.2) is 53.1 Å². The molecule has 0 aliphatic heterocycles. The summed E-state index contributed by atoms with van der Waals surface area (Å²) in [5, 5.41) is 3.59. The van der Waals surface area contributed by atoms with Gasteiger partial charge in [0.25, 0.3) is 0 Å². The minimum Gasteiger partial charge on any atom is -0.493 e. The molecule has 0 aromatic heterocycles. The fourth-order valence-corrected chi connectivity index (χ4v) is 2.31. The third-order valence-electron chi connectivity index (χ3n) is 3.07. The number of anilines is 1. The van der Waals surface area contributed by atoms with Crippen LogP contribution in [0.2, 0.25) is 5.02 Å². The molecule has 0 bridgehead atoms. The lowest BCUT2D eigenvalue weighted by Gasteiger charge is -2.08. The van der Waals surface area contributed by atoms with Gasteiger partial charge in [-0.05, 0) is 52.3 Å². The van der Waals surface area contributed by atoms with Crippen molar-refractivity contribution in [1.29, 1.82) is 0 Å². The van der Waals surface area contributed by atoms with Crippen molar-refractivity contribution in [2.75, 3.05) is 19.5 Å². The quantitative estimate of drug-likeness (QED) is 0.555. The van der Waals surface area contributed by atoms with Gasteiger partial charge in [0.15, 0.2) is 17.3 Å². The molecule has 0 radical (unpaired) electrons. The number of methoxy groups -OCH3 is 2. The molecule has 0 aliphatic rings. The predicted molar refractivity (Wildman–Crippen MR) is 95.8 cm³/mol. The Morgan fingerprint density at radius 1 is 1.13 bits per heavy atom. The molecule has 2 aromatic carbocycles. The van der Waals surface area contributed by atoms with Crippen molar-refractivity contribution in [3.05, 3.63) is 63.7 Å². The average Bonchev–Trinajstić information content (AvgIpc) is 2.57. The first-order valence-electron chi connectivity index (χ1n) is 6.69. The lowest BCUT2D eigenvalue weighted by molar-refractivity contribution is 0.104. The molecule has 0 spiro atoms. The minimum atomic E-state index is -0.151. The predicted octanol–water partition coefficient (Wildman–Crippen LogP) is 4.93. The first kappa shape index (κ1) is 17.4. The van der Waals surface area contributed by atoms with Gasteiger partial charge >= 0.3 is 0 Å². The molecule has 0 heterocycles. The highest BCUT2D eigenvalue weighted by molar-refractivity contribution is 9.10. The molecule has 0 unspecified atom stereocenters. The normalized spacial score (nSPS) is 10.6. The fourth-order valence-electron chi connectivity index (χ4n) is 1.89. The molecule has 2 rings (SSSR count). The van der Waals surface area contributed by atoms with Crippen molar-refractivity contribution in [1.82, 2.24) is 0 Å². The summed E-state index contributed by atoms with van der Waals surface area (Å²) in [5.74, 6) is 0.941. The zero-order valence-corrected chi connectivity index (χ0v) is 14.9. The molecular weight excluding hydrogens is 382 g/mol. The van der Waals surface area contributed by atoms with Gasteiger partial charge in [0, 0.05) is 28.0 Å². The van der Waals surface area contributed by atoms with Gasteiger partial charge in [-0.15, -0.1) is 0 Å². The molecule has 0 amide bonds. The van der Waals surface area contributed by atoms with E-state index in [1.807, 2.05) is 12.1 Å². The van der Waals surface area contributed by atoms with Crippen LogP contribution in [-0.2, 0) is 0 Å². The molecule has 0 saturated carbocycles. The molecule has 0 aliphatic carbocycles. The summed E-state index contributed by atoms with van der Waals surface area (Å²) in [7, 11) is 3.08. The SMILES string of the molecule is COc1ccc(C(=O)C=CNc2ccc(Br)c(Cl)c2)cc1OC. The first-order valence-corrected chi connectivity index (χ1v) is 7.86. The summed E-state index contributed by atoms with van der Waals surface area (Å²) < 4.78 is 11.2. The average molecular weight is 397 g/mol. The lowest BCUT2D eigenvalue weighted by Crippen LogP contribution is -1.98. The van der Waals surface area contributed by atoms with Gasteiger partial charge in [-0.2, -0.15) is 0 Å². The smallest absolute Gasteiger partial charge is 0.187 e. The van der Waals surface area contributed by atoms with Gasteiger partial charge in [-0.25, -0.2) is 0 Å². The molecule has 1 N–H and O–H groups in total. The van der Waals surface area contributed by atoms with Crippen molar-refractivity contribution in [2.45, 2.75) is 0 Å². The van der Waals surface area contributed by atoms with Crippen molar-refractivity contribution in [3.63, 3.8) is 0 Å². The van der Waals surface area contributed by atoms with Crippen LogP contribution in [0.25, 0.3) is 0 Å². The summed E-state index contributed by atoms with van der Waals surface area (Å²) in [6, 6.07) is 10.5. The van der Waals surface area contributed by atoms with E-state index in [0.29, 0.717) is 22.1 Å². The Bertz CT molecular complexity index is 747. The molecule has 120 valence electrons. The number of halogens is 2.